The number of ether oxygens (including phenoxy) is 2. The lowest BCUT2D eigenvalue weighted by molar-refractivity contribution is -0.143. The molecule has 7 heteroatoms. The Kier molecular flexibility index (Phi) is 7.08. The van der Waals surface area contributed by atoms with Crippen LogP contribution in [0.3, 0.4) is 0 Å². The second-order valence-corrected chi connectivity index (χ2v) is 6.85. The van der Waals surface area contributed by atoms with Crippen molar-refractivity contribution in [3.8, 4) is 5.75 Å². The lowest BCUT2D eigenvalue weighted by Crippen LogP contribution is -2.31. The largest absolute Gasteiger partial charge is 0.486 e. The SMILES string of the molecule is COCC(C)Oc1ccc(Cl)cc1NC(=O)C1CCCC(C(=O)O)C1. The smallest absolute Gasteiger partial charge is 0.306 e. The van der Waals surface area contributed by atoms with Crippen molar-refractivity contribution in [1.29, 1.82) is 0 Å². The van der Waals surface area contributed by atoms with E-state index >= 15 is 0 Å². The fraction of sp³-hybridized carbons (Fsp3) is 0.556. The van der Waals surface area contributed by atoms with E-state index in [1.54, 1.807) is 25.3 Å². The molecule has 2 rings (SSSR count). The van der Waals surface area contributed by atoms with E-state index in [1.165, 1.54) is 0 Å². The topological polar surface area (TPSA) is 84.9 Å². The number of carbonyl (C=O) groups excluding carboxylic acids is 1. The number of amides is 1. The van der Waals surface area contributed by atoms with Crippen LogP contribution >= 0.6 is 11.6 Å². The maximum atomic E-state index is 12.6. The first kappa shape index (κ1) is 19.5. The van der Waals surface area contributed by atoms with E-state index in [4.69, 9.17) is 21.1 Å². The van der Waals surface area contributed by atoms with Gasteiger partial charge in [0.15, 0.2) is 0 Å². The quantitative estimate of drug-likeness (QED) is 0.767. The van der Waals surface area contributed by atoms with Crippen molar-refractivity contribution in [3.63, 3.8) is 0 Å². The van der Waals surface area contributed by atoms with Crippen LogP contribution in [0, 0.1) is 11.8 Å². The zero-order valence-electron chi connectivity index (χ0n) is 14.5. The Balaban J connectivity index is 2.08. The summed E-state index contributed by atoms with van der Waals surface area (Å²) in [6.45, 7) is 2.28. The molecule has 0 bridgehead atoms. The number of carboxylic acid groups (broad SMARTS) is 1. The first-order valence-electron chi connectivity index (χ1n) is 8.39. The maximum absolute atomic E-state index is 12.6. The van der Waals surface area contributed by atoms with Gasteiger partial charge in [-0.3, -0.25) is 9.59 Å². The van der Waals surface area contributed by atoms with Crippen LogP contribution in [0.5, 0.6) is 5.75 Å². The maximum Gasteiger partial charge on any atom is 0.306 e. The van der Waals surface area contributed by atoms with Gasteiger partial charge < -0.3 is 19.9 Å². The number of anilines is 1. The average molecular weight is 370 g/mol. The molecule has 0 radical (unpaired) electrons. The summed E-state index contributed by atoms with van der Waals surface area (Å²) < 4.78 is 10.9. The fourth-order valence-corrected chi connectivity index (χ4v) is 3.25. The van der Waals surface area contributed by atoms with E-state index in [1.807, 2.05) is 6.92 Å². The van der Waals surface area contributed by atoms with Crippen molar-refractivity contribution in [2.45, 2.75) is 38.7 Å². The summed E-state index contributed by atoms with van der Waals surface area (Å²) >= 11 is 6.04. The first-order chi connectivity index (χ1) is 11.9. The molecule has 0 spiro atoms. The van der Waals surface area contributed by atoms with Crippen LogP contribution in [-0.2, 0) is 14.3 Å². The predicted octanol–water partition coefficient (Wildman–Crippen LogP) is 3.58. The Labute approximate surface area is 152 Å². The Hall–Kier alpha value is -1.79. The Bertz CT molecular complexity index is 621. The summed E-state index contributed by atoms with van der Waals surface area (Å²) in [6, 6.07) is 5.02. The number of rotatable bonds is 7. The molecule has 1 aromatic rings. The van der Waals surface area contributed by atoms with E-state index in [0.29, 0.717) is 42.3 Å². The van der Waals surface area contributed by atoms with Crippen molar-refractivity contribution in [3.05, 3.63) is 23.2 Å². The Morgan fingerprint density at radius 1 is 1.36 bits per heavy atom. The lowest BCUT2D eigenvalue weighted by Gasteiger charge is -2.26. The van der Waals surface area contributed by atoms with Crippen molar-refractivity contribution >= 4 is 29.2 Å². The van der Waals surface area contributed by atoms with Gasteiger partial charge in [0.05, 0.1) is 18.2 Å². The molecule has 1 aliphatic rings. The highest BCUT2D eigenvalue weighted by molar-refractivity contribution is 6.31. The number of aliphatic carboxylic acids is 1. The minimum atomic E-state index is -0.835. The highest BCUT2D eigenvalue weighted by Gasteiger charge is 2.31. The summed E-state index contributed by atoms with van der Waals surface area (Å²) in [4.78, 5) is 23.8. The molecule has 6 nitrogen and oxygen atoms in total. The van der Waals surface area contributed by atoms with Gasteiger partial charge >= 0.3 is 5.97 Å². The molecule has 0 aromatic heterocycles. The summed E-state index contributed by atoms with van der Waals surface area (Å²) in [5.41, 5.74) is 0.484. The third-order valence-electron chi connectivity index (χ3n) is 4.32. The molecule has 0 saturated heterocycles. The molecule has 1 fully saturated rings. The van der Waals surface area contributed by atoms with Crippen LogP contribution < -0.4 is 10.1 Å². The second-order valence-electron chi connectivity index (χ2n) is 6.41. The zero-order chi connectivity index (χ0) is 18.4. The van der Waals surface area contributed by atoms with E-state index in [9.17, 15) is 14.7 Å². The van der Waals surface area contributed by atoms with Gasteiger partial charge in [0.2, 0.25) is 5.91 Å². The summed E-state index contributed by atoms with van der Waals surface area (Å²) in [5, 5.41) is 12.5. The van der Waals surface area contributed by atoms with Crippen LogP contribution in [0.25, 0.3) is 0 Å². The molecule has 1 aromatic carbocycles. The zero-order valence-corrected chi connectivity index (χ0v) is 15.2. The number of carbonyl (C=O) groups is 2. The first-order valence-corrected chi connectivity index (χ1v) is 8.77. The molecular formula is C18H24ClNO5. The summed E-state index contributed by atoms with van der Waals surface area (Å²) in [5.74, 6) is -1.30. The lowest BCUT2D eigenvalue weighted by atomic mass is 9.81. The van der Waals surface area contributed by atoms with E-state index in [-0.39, 0.29) is 17.9 Å². The Morgan fingerprint density at radius 2 is 2.08 bits per heavy atom. The van der Waals surface area contributed by atoms with Gasteiger partial charge in [-0.1, -0.05) is 18.0 Å². The van der Waals surface area contributed by atoms with Gasteiger partial charge in [-0.2, -0.15) is 0 Å². The molecule has 1 saturated carbocycles. The predicted molar refractivity (Wildman–Crippen MR) is 95.1 cm³/mol. The van der Waals surface area contributed by atoms with Gasteiger partial charge in [-0.25, -0.2) is 0 Å². The molecule has 3 unspecified atom stereocenters. The molecule has 138 valence electrons. The second kappa shape index (κ2) is 9.06. The van der Waals surface area contributed by atoms with Crippen molar-refractivity contribution in [1.82, 2.24) is 0 Å². The highest BCUT2D eigenvalue weighted by atomic mass is 35.5. The molecule has 0 aliphatic heterocycles. The molecule has 25 heavy (non-hydrogen) atoms. The van der Waals surface area contributed by atoms with Gasteiger partial charge in [-0.05, 0) is 44.4 Å². The number of hydrogen-bond acceptors (Lipinski definition) is 4. The minimum Gasteiger partial charge on any atom is -0.486 e. The van der Waals surface area contributed by atoms with Gasteiger partial charge in [0.1, 0.15) is 11.9 Å². The third-order valence-corrected chi connectivity index (χ3v) is 4.56. The van der Waals surface area contributed by atoms with Crippen LogP contribution in [0.1, 0.15) is 32.6 Å². The van der Waals surface area contributed by atoms with Crippen LogP contribution in [0.15, 0.2) is 18.2 Å². The molecule has 3 atom stereocenters. The van der Waals surface area contributed by atoms with E-state index in [0.717, 1.165) is 6.42 Å². The van der Waals surface area contributed by atoms with E-state index < -0.39 is 11.9 Å². The van der Waals surface area contributed by atoms with Crippen molar-refractivity contribution < 1.29 is 24.2 Å². The highest BCUT2D eigenvalue weighted by Crippen LogP contribution is 2.33. The molecule has 1 aliphatic carbocycles. The molecule has 0 heterocycles. The standard InChI is InChI=1S/C18H24ClNO5/c1-11(10-24-2)25-16-7-6-14(19)9-15(16)20-17(21)12-4-3-5-13(8-12)18(22)23/h6-7,9,11-13H,3-5,8,10H2,1-2H3,(H,20,21)(H,22,23). The number of methoxy groups -OCH3 is 1. The minimum absolute atomic E-state index is 0.187. The van der Waals surface area contributed by atoms with E-state index in [2.05, 4.69) is 5.32 Å². The van der Waals surface area contributed by atoms with Crippen LogP contribution in [0.2, 0.25) is 5.02 Å². The van der Waals surface area contributed by atoms with Gasteiger partial charge in [0.25, 0.3) is 0 Å². The third kappa shape index (κ3) is 5.61. The number of benzene rings is 1. The van der Waals surface area contributed by atoms with Crippen molar-refractivity contribution in [2.75, 3.05) is 19.0 Å². The summed E-state index contributed by atoms with van der Waals surface area (Å²) in [6.07, 6.45) is 2.22. The summed E-state index contributed by atoms with van der Waals surface area (Å²) in [7, 11) is 1.59. The average Bonchev–Trinajstić information content (AvgIpc) is 2.57. The Morgan fingerprint density at radius 3 is 2.76 bits per heavy atom. The monoisotopic (exact) mass is 369 g/mol. The van der Waals surface area contributed by atoms with Crippen LogP contribution in [-0.4, -0.2) is 36.8 Å². The molecule has 2 N–H and O–H groups in total. The fourth-order valence-electron chi connectivity index (χ4n) is 3.08. The normalized spacial score (nSPS) is 21.4. The molecule has 1 amide bonds. The molecular weight excluding hydrogens is 346 g/mol. The van der Waals surface area contributed by atoms with Crippen molar-refractivity contribution in [2.24, 2.45) is 11.8 Å². The van der Waals surface area contributed by atoms with Crippen LogP contribution in [0.4, 0.5) is 5.69 Å². The number of carboxylic acids is 1. The van der Waals surface area contributed by atoms with Gasteiger partial charge in [0, 0.05) is 18.1 Å². The van der Waals surface area contributed by atoms with Gasteiger partial charge in [-0.15, -0.1) is 0 Å². The number of nitrogens with one attached hydrogen (secondary N) is 1. The number of hydrogen-bond donors (Lipinski definition) is 2. The number of halogens is 1.